The van der Waals surface area contributed by atoms with Crippen molar-refractivity contribution in [3.8, 4) is 11.8 Å². The molecule has 0 bridgehead atoms. The van der Waals surface area contributed by atoms with Crippen molar-refractivity contribution < 1.29 is 9.90 Å². The Morgan fingerprint density at radius 1 is 1.35 bits per heavy atom. The highest BCUT2D eigenvalue weighted by Crippen LogP contribution is 2.25. The molecule has 0 aliphatic heterocycles. The van der Waals surface area contributed by atoms with Gasteiger partial charge in [0.2, 0.25) is 0 Å². The molecule has 20 heavy (non-hydrogen) atoms. The highest BCUT2D eigenvalue weighted by molar-refractivity contribution is 9.10. The Morgan fingerprint density at radius 3 is 2.75 bits per heavy atom. The van der Waals surface area contributed by atoms with E-state index in [-0.39, 0.29) is 11.7 Å². The molecule has 0 aliphatic rings. The molecular formula is C15H11BrN2O2. The van der Waals surface area contributed by atoms with Gasteiger partial charge in [-0.15, -0.1) is 0 Å². The summed E-state index contributed by atoms with van der Waals surface area (Å²) in [6, 6.07) is 11.8. The lowest BCUT2D eigenvalue weighted by Crippen LogP contribution is -2.13. The SMILES string of the molecule is Cc1cccc(NC(=O)c2ccc(Br)c(O)c2)c1C#N. The van der Waals surface area contributed by atoms with Crippen LogP contribution < -0.4 is 5.32 Å². The number of aromatic hydroxyl groups is 1. The molecule has 1 amide bonds. The van der Waals surface area contributed by atoms with Gasteiger partial charge in [0.1, 0.15) is 11.8 Å². The predicted molar refractivity (Wildman–Crippen MR) is 79.7 cm³/mol. The van der Waals surface area contributed by atoms with Crippen LogP contribution in [0.5, 0.6) is 5.75 Å². The Balaban J connectivity index is 2.31. The molecular weight excluding hydrogens is 320 g/mol. The monoisotopic (exact) mass is 330 g/mol. The average Bonchev–Trinajstić information content (AvgIpc) is 2.42. The van der Waals surface area contributed by atoms with Gasteiger partial charge in [0, 0.05) is 5.56 Å². The van der Waals surface area contributed by atoms with Crippen molar-refractivity contribution in [2.24, 2.45) is 0 Å². The molecule has 0 saturated carbocycles. The van der Waals surface area contributed by atoms with E-state index in [1.165, 1.54) is 6.07 Å². The van der Waals surface area contributed by atoms with Crippen LogP contribution in [0.2, 0.25) is 0 Å². The minimum absolute atomic E-state index is 0.0117. The van der Waals surface area contributed by atoms with E-state index in [1.807, 2.05) is 0 Å². The van der Waals surface area contributed by atoms with Crippen LogP contribution in [0, 0.1) is 18.3 Å². The third kappa shape index (κ3) is 2.81. The highest BCUT2D eigenvalue weighted by atomic mass is 79.9. The number of nitrogens with one attached hydrogen (secondary N) is 1. The van der Waals surface area contributed by atoms with Crippen LogP contribution in [0.15, 0.2) is 40.9 Å². The van der Waals surface area contributed by atoms with Gasteiger partial charge in [-0.3, -0.25) is 4.79 Å². The molecule has 0 unspecified atom stereocenters. The van der Waals surface area contributed by atoms with Crippen molar-refractivity contribution in [3.63, 3.8) is 0 Å². The molecule has 0 heterocycles. The summed E-state index contributed by atoms with van der Waals surface area (Å²) in [5, 5.41) is 21.4. The number of hydrogen-bond donors (Lipinski definition) is 2. The molecule has 2 rings (SSSR count). The maximum Gasteiger partial charge on any atom is 0.255 e. The van der Waals surface area contributed by atoms with Gasteiger partial charge in [0.25, 0.3) is 5.91 Å². The van der Waals surface area contributed by atoms with E-state index in [4.69, 9.17) is 5.26 Å². The number of aryl methyl sites for hydroxylation is 1. The molecule has 0 aliphatic carbocycles. The number of anilines is 1. The molecule has 0 radical (unpaired) electrons. The number of amides is 1. The first-order valence-electron chi connectivity index (χ1n) is 5.82. The van der Waals surface area contributed by atoms with Gasteiger partial charge in [-0.1, -0.05) is 12.1 Å². The zero-order valence-corrected chi connectivity index (χ0v) is 12.2. The van der Waals surface area contributed by atoms with Crippen molar-refractivity contribution in [1.29, 1.82) is 5.26 Å². The lowest BCUT2D eigenvalue weighted by Gasteiger charge is -2.09. The summed E-state index contributed by atoms with van der Waals surface area (Å²) in [5.74, 6) is -0.391. The molecule has 0 fully saturated rings. The maximum absolute atomic E-state index is 12.1. The largest absolute Gasteiger partial charge is 0.507 e. The molecule has 0 aromatic heterocycles. The minimum Gasteiger partial charge on any atom is -0.507 e. The van der Waals surface area contributed by atoms with Gasteiger partial charge < -0.3 is 10.4 Å². The highest BCUT2D eigenvalue weighted by Gasteiger charge is 2.11. The maximum atomic E-state index is 12.1. The summed E-state index contributed by atoms with van der Waals surface area (Å²) in [6.45, 7) is 1.81. The number of hydrogen-bond acceptors (Lipinski definition) is 3. The molecule has 0 saturated heterocycles. The zero-order valence-electron chi connectivity index (χ0n) is 10.6. The van der Waals surface area contributed by atoms with E-state index in [2.05, 4.69) is 27.3 Å². The van der Waals surface area contributed by atoms with E-state index in [0.717, 1.165) is 5.56 Å². The van der Waals surface area contributed by atoms with Gasteiger partial charge in [0.15, 0.2) is 0 Å². The van der Waals surface area contributed by atoms with Crippen LogP contribution in [0.3, 0.4) is 0 Å². The van der Waals surface area contributed by atoms with Crippen LogP contribution in [0.25, 0.3) is 0 Å². The number of carbonyl (C=O) groups excluding carboxylic acids is 1. The lowest BCUT2D eigenvalue weighted by molar-refractivity contribution is 0.102. The van der Waals surface area contributed by atoms with Crippen LogP contribution in [0.4, 0.5) is 5.69 Å². The Hall–Kier alpha value is -2.32. The summed E-state index contributed by atoms with van der Waals surface area (Å²) < 4.78 is 0.516. The summed E-state index contributed by atoms with van der Waals surface area (Å²) >= 11 is 3.15. The quantitative estimate of drug-likeness (QED) is 0.883. The summed E-state index contributed by atoms with van der Waals surface area (Å²) in [7, 11) is 0. The molecule has 2 aromatic carbocycles. The second-order valence-corrected chi connectivity index (χ2v) is 5.08. The minimum atomic E-state index is -0.380. The number of rotatable bonds is 2. The summed E-state index contributed by atoms with van der Waals surface area (Å²) in [6.07, 6.45) is 0. The molecule has 0 atom stereocenters. The topological polar surface area (TPSA) is 73.1 Å². The van der Waals surface area contributed by atoms with Crippen molar-refractivity contribution in [3.05, 3.63) is 57.6 Å². The van der Waals surface area contributed by atoms with E-state index >= 15 is 0 Å². The number of benzene rings is 2. The van der Waals surface area contributed by atoms with Gasteiger partial charge in [-0.05, 0) is 52.7 Å². The fourth-order valence-corrected chi connectivity index (χ4v) is 2.02. The fourth-order valence-electron chi connectivity index (χ4n) is 1.77. The van der Waals surface area contributed by atoms with Gasteiger partial charge in [-0.25, -0.2) is 0 Å². The predicted octanol–water partition coefficient (Wildman–Crippen LogP) is 3.59. The zero-order chi connectivity index (χ0) is 14.7. The van der Waals surface area contributed by atoms with Gasteiger partial charge in [0.05, 0.1) is 15.7 Å². The van der Waals surface area contributed by atoms with Crippen LogP contribution in [-0.4, -0.2) is 11.0 Å². The number of phenols is 1. The first-order chi connectivity index (χ1) is 9.52. The van der Waals surface area contributed by atoms with Crippen molar-refractivity contribution in [2.45, 2.75) is 6.92 Å². The Morgan fingerprint density at radius 2 is 2.10 bits per heavy atom. The molecule has 5 heteroatoms. The van der Waals surface area contributed by atoms with E-state index in [1.54, 1.807) is 37.3 Å². The number of nitrogens with zero attached hydrogens (tertiary/aromatic N) is 1. The Kier molecular flexibility index (Phi) is 4.06. The Labute approximate surface area is 124 Å². The smallest absolute Gasteiger partial charge is 0.255 e. The normalized spacial score (nSPS) is 9.85. The standard InChI is InChI=1S/C15H11BrN2O2/c1-9-3-2-4-13(11(9)8-17)18-15(20)10-5-6-12(16)14(19)7-10/h2-7,19H,1H3,(H,18,20). The molecule has 0 spiro atoms. The van der Waals surface area contributed by atoms with Gasteiger partial charge in [-0.2, -0.15) is 5.26 Å². The van der Waals surface area contributed by atoms with E-state index in [0.29, 0.717) is 21.3 Å². The number of halogens is 1. The molecule has 2 N–H and O–H groups in total. The Bertz CT molecular complexity index is 720. The summed E-state index contributed by atoms with van der Waals surface area (Å²) in [4.78, 5) is 12.1. The number of carbonyl (C=O) groups is 1. The second-order valence-electron chi connectivity index (χ2n) is 4.23. The number of nitriles is 1. The fraction of sp³-hybridized carbons (Fsp3) is 0.0667. The van der Waals surface area contributed by atoms with E-state index in [9.17, 15) is 9.90 Å². The van der Waals surface area contributed by atoms with Crippen LogP contribution in [-0.2, 0) is 0 Å². The molecule has 100 valence electrons. The summed E-state index contributed by atoms with van der Waals surface area (Å²) in [5.41, 5.74) is 2.00. The third-order valence-electron chi connectivity index (χ3n) is 2.84. The lowest BCUT2D eigenvalue weighted by atomic mass is 10.1. The molecule has 4 nitrogen and oxygen atoms in total. The molecule has 2 aromatic rings. The first-order valence-corrected chi connectivity index (χ1v) is 6.62. The average molecular weight is 331 g/mol. The second kappa shape index (κ2) is 5.76. The first kappa shape index (κ1) is 14.1. The number of phenolic OH excluding ortho intramolecular Hbond substituents is 1. The van der Waals surface area contributed by atoms with Crippen molar-refractivity contribution >= 4 is 27.5 Å². The van der Waals surface area contributed by atoms with Crippen molar-refractivity contribution in [2.75, 3.05) is 5.32 Å². The van der Waals surface area contributed by atoms with Crippen molar-refractivity contribution in [1.82, 2.24) is 0 Å². The third-order valence-corrected chi connectivity index (χ3v) is 3.51. The van der Waals surface area contributed by atoms with Gasteiger partial charge >= 0.3 is 0 Å². The van der Waals surface area contributed by atoms with Crippen LogP contribution >= 0.6 is 15.9 Å². The van der Waals surface area contributed by atoms with Crippen LogP contribution in [0.1, 0.15) is 21.5 Å². The van der Waals surface area contributed by atoms with E-state index < -0.39 is 0 Å².